The van der Waals surface area contributed by atoms with E-state index in [0.29, 0.717) is 11.4 Å². The number of allylic oxidation sites excluding steroid dienone is 3. The molecule has 0 fully saturated rings. The molecule has 130 valence electrons. The second-order valence-electron chi connectivity index (χ2n) is 5.44. The van der Waals surface area contributed by atoms with Gasteiger partial charge in [0.1, 0.15) is 0 Å². The van der Waals surface area contributed by atoms with Crippen LogP contribution >= 0.6 is 0 Å². The van der Waals surface area contributed by atoms with Crippen LogP contribution in [0.4, 0.5) is 8.78 Å². The highest BCUT2D eigenvalue weighted by Crippen LogP contribution is 2.39. The largest absolute Gasteiger partial charge is 0.344 e. The average Bonchev–Trinajstić information content (AvgIpc) is 2.63. The number of hydrogen-bond donors (Lipinski definition) is 0. The van der Waals surface area contributed by atoms with Crippen molar-refractivity contribution in [2.75, 3.05) is 7.05 Å². The lowest BCUT2D eigenvalue weighted by Gasteiger charge is -2.32. The summed E-state index contributed by atoms with van der Waals surface area (Å²) >= 11 is 0. The SMILES string of the molecule is C=C1C(C)=CC(c2ccccc2)=C(c2c(F)cncc2F)N1C.CC. The standard InChI is InChI=1S/C19H16F2N2.C2H6/c1-12-9-15(14-7-5-4-6-8-14)19(23(3)13(12)2)18-16(20)10-22-11-17(18)21;1-2/h4-11H,2H2,1,3H3;1-2H3. The maximum atomic E-state index is 14.3. The molecule has 25 heavy (non-hydrogen) atoms. The second-order valence-corrected chi connectivity index (χ2v) is 5.44. The molecule has 0 bridgehead atoms. The van der Waals surface area contributed by atoms with Crippen molar-refractivity contribution >= 4 is 11.3 Å². The predicted molar refractivity (Wildman–Crippen MR) is 99.4 cm³/mol. The lowest BCUT2D eigenvalue weighted by atomic mass is 9.92. The predicted octanol–water partition coefficient (Wildman–Crippen LogP) is 5.66. The van der Waals surface area contributed by atoms with Crippen LogP contribution in [-0.4, -0.2) is 16.9 Å². The van der Waals surface area contributed by atoms with Crippen LogP contribution in [0.15, 0.2) is 66.7 Å². The van der Waals surface area contributed by atoms with E-state index in [1.165, 1.54) is 0 Å². The Balaban J connectivity index is 0.00000109. The summed E-state index contributed by atoms with van der Waals surface area (Å²) in [4.78, 5) is 5.29. The van der Waals surface area contributed by atoms with Gasteiger partial charge in [-0.05, 0) is 24.1 Å². The van der Waals surface area contributed by atoms with Crippen molar-refractivity contribution in [3.63, 3.8) is 0 Å². The molecule has 0 N–H and O–H groups in total. The van der Waals surface area contributed by atoms with Gasteiger partial charge in [-0.3, -0.25) is 4.98 Å². The third-order valence-electron chi connectivity index (χ3n) is 3.99. The minimum absolute atomic E-state index is 0.0914. The maximum Gasteiger partial charge on any atom is 0.153 e. The van der Waals surface area contributed by atoms with E-state index in [2.05, 4.69) is 11.6 Å². The fourth-order valence-electron chi connectivity index (χ4n) is 2.73. The van der Waals surface area contributed by atoms with Crippen molar-refractivity contribution in [2.45, 2.75) is 20.8 Å². The highest BCUT2D eigenvalue weighted by atomic mass is 19.1. The smallest absolute Gasteiger partial charge is 0.153 e. The van der Waals surface area contributed by atoms with Crippen molar-refractivity contribution in [2.24, 2.45) is 0 Å². The molecule has 1 aliphatic heterocycles. The number of aromatic nitrogens is 1. The Morgan fingerprint density at radius 3 is 2.12 bits per heavy atom. The number of halogens is 2. The lowest BCUT2D eigenvalue weighted by Crippen LogP contribution is -2.22. The molecule has 0 amide bonds. The number of pyridine rings is 1. The molecule has 0 saturated heterocycles. The Kier molecular flexibility index (Phi) is 5.86. The minimum Gasteiger partial charge on any atom is -0.344 e. The van der Waals surface area contributed by atoms with Gasteiger partial charge in [0, 0.05) is 18.3 Å². The Morgan fingerprint density at radius 1 is 1.00 bits per heavy atom. The summed E-state index contributed by atoms with van der Waals surface area (Å²) in [5.74, 6) is -1.39. The third-order valence-corrected chi connectivity index (χ3v) is 3.99. The topological polar surface area (TPSA) is 16.1 Å². The van der Waals surface area contributed by atoms with E-state index in [1.807, 2.05) is 57.2 Å². The van der Waals surface area contributed by atoms with Crippen LogP contribution in [0.3, 0.4) is 0 Å². The van der Waals surface area contributed by atoms with Crippen LogP contribution < -0.4 is 0 Å². The van der Waals surface area contributed by atoms with Gasteiger partial charge in [0.15, 0.2) is 11.6 Å². The summed E-state index contributed by atoms with van der Waals surface area (Å²) < 4.78 is 28.6. The van der Waals surface area contributed by atoms with Gasteiger partial charge in [0.25, 0.3) is 0 Å². The molecule has 1 aliphatic rings. The van der Waals surface area contributed by atoms with Crippen molar-refractivity contribution in [1.29, 1.82) is 0 Å². The second kappa shape index (κ2) is 7.88. The van der Waals surface area contributed by atoms with E-state index < -0.39 is 11.6 Å². The number of nitrogens with zero attached hydrogens (tertiary/aromatic N) is 2. The van der Waals surface area contributed by atoms with Crippen LogP contribution in [0.25, 0.3) is 11.3 Å². The summed E-state index contributed by atoms with van der Waals surface area (Å²) in [6, 6.07) is 9.52. The first-order valence-corrected chi connectivity index (χ1v) is 8.21. The van der Waals surface area contributed by atoms with E-state index in [9.17, 15) is 8.78 Å². The van der Waals surface area contributed by atoms with E-state index >= 15 is 0 Å². The summed E-state index contributed by atoms with van der Waals surface area (Å²) in [6.45, 7) is 9.93. The molecule has 2 aromatic rings. The van der Waals surface area contributed by atoms with E-state index in [4.69, 9.17) is 0 Å². The van der Waals surface area contributed by atoms with Gasteiger partial charge in [-0.25, -0.2) is 8.78 Å². The van der Waals surface area contributed by atoms with Gasteiger partial charge >= 0.3 is 0 Å². The summed E-state index contributed by atoms with van der Waals surface area (Å²) in [5, 5.41) is 0. The number of likely N-dealkylation sites (N-methyl/N-ethyl adjacent to an activating group) is 1. The highest BCUT2D eigenvalue weighted by molar-refractivity contribution is 5.97. The van der Waals surface area contributed by atoms with Gasteiger partial charge in [0.05, 0.1) is 23.7 Å². The van der Waals surface area contributed by atoms with E-state index in [0.717, 1.165) is 29.1 Å². The average molecular weight is 340 g/mol. The lowest BCUT2D eigenvalue weighted by molar-refractivity contribution is 0.541. The molecule has 0 spiro atoms. The van der Waals surface area contributed by atoms with Gasteiger partial charge in [-0.1, -0.05) is 50.8 Å². The summed E-state index contributed by atoms with van der Waals surface area (Å²) in [5.41, 5.74) is 3.65. The van der Waals surface area contributed by atoms with Crippen LogP contribution in [0.5, 0.6) is 0 Å². The molecule has 4 heteroatoms. The molecule has 1 aromatic carbocycles. The summed E-state index contributed by atoms with van der Waals surface area (Å²) in [7, 11) is 1.76. The van der Waals surface area contributed by atoms with Crippen LogP contribution in [0, 0.1) is 11.6 Å². The third kappa shape index (κ3) is 3.53. The fourth-order valence-corrected chi connectivity index (χ4v) is 2.73. The van der Waals surface area contributed by atoms with Crippen LogP contribution in [0.2, 0.25) is 0 Å². The molecular weight excluding hydrogens is 318 g/mol. The highest BCUT2D eigenvalue weighted by Gasteiger charge is 2.26. The zero-order valence-electron chi connectivity index (χ0n) is 15.0. The maximum absolute atomic E-state index is 14.3. The van der Waals surface area contributed by atoms with Crippen molar-refractivity contribution in [3.05, 3.63) is 89.4 Å². The molecule has 0 saturated carbocycles. The van der Waals surface area contributed by atoms with E-state index in [1.54, 1.807) is 11.9 Å². The van der Waals surface area contributed by atoms with E-state index in [-0.39, 0.29) is 5.56 Å². The zero-order valence-corrected chi connectivity index (χ0v) is 15.0. The van der Waals surface area contributed by atoms with Gasteiger partial charge < -0.3 is 4.90 Å². The first-order chi connectivity index (χ1) is 12.0. The molecule has 3 rings (SSSR count). The molecular formula is C21H22F2N2. The van der Waals surface area contributed by atoms with Crippen LogP contribution in [0.1, 0.15) is 31.9 Å². The number of benzene rings is 1. The Hall–Kier alpha value is -2.75. The van der Waals surface area contributed by atoms with Crippen molar-refractivity contribution in [3.8, 4) is 0 Å². The molecule has 1 aromatic heterocycles. The minimum atomic E-state index is -0.693. The van der Waals surface area contributed by atoms with Gasteiger partial charge in [-0.2, -0.15) is 0 Å². The molecule has 0 atom stereocenters. The van der Waals surface area contributed by atoms with Crippen molar-refractivity contribution < 1.29 is 8.78 Å². The Labute approximate surface area is 147 Å². The number of rotatable bonds is 2. The molecule has 2 heterocycles. The van der Waals surface area contributed by atoms with Gasteiger partial charge in [-0.15, -0.1) is 0 Å². The van der Waals surface area contributed by atoms with Gasteiger partial charge in [0.2, 0.25) is 0 Å². The van der Waals surface area contributed by atoms with Crippen LogP contribution in [-0.2, 0) is 0 Å². The normalized spacial score (nSPS) is 14.1. The molecule has 2 nitrogen and oxygen atoms in total. The Bertz CT molecular complexity index is 816. The first kappa shape index (κ1) is 18.6. The quantitative estimate of drug-likeness (QED) is 0.701. The van der Waals surface area contributed by atoms with Crippen molar-refractivity contribution in [1.82, 2.24) is 9.88 Å². The Morgan fingerprint density at radius 2 is 1.56 bits per heavy atom. The fraction of sp³-hybridized carbons (Fsp3) is 0.190. The molecule has 0 unspecified atom stereocenters. The first-order valence-electron chi connectivity index (χ1n) is 8.21. The number of hydrogen-bond acceptors (Lipinski definition) is 2. The summed E-state index contributed by atoms with van der Waals surface area (Å²) in [6.07, 6.45) is 3.96. The monoisotopic (exact) mass is 340 g/mol. The molecule has 0 aliphatic carbocycles. The molecule has 0 radical (unpaired) electrons. The zero-order chi connectivity index (χ0) is 18.6.